The maximum Gasteiger partial charge on any atom is 0.314 e. The highest BCUT2D eigenvalue weighted by atomic mass is 35.5. The second-order valence-electron chi connectivity index (χ2n) is 6.06. The maximum absolute atomic E-state index is 14.6. The van der Waals surface area contributed by atoms with E-state index in [1.54, 1.807) is 0 Å². The molecule has 1 saturated carbocycles. The molecule has 1 aliphatic rings. The summed E-state index contributed by atoms with van der Waals surface area (Å²) < 4.78 is 45.2. The van der Waals surface area contributed by atoms with E-state index in [0.717, 1.165) is 6.07 Å². The normalized spacial score (nSPS) is 15.3. The number of hydrogen-bond acceptors (Lipinski definition) is 6. The van der Waals surface area contributed by atoms with Crippen LogP contribution in [0.15, 0.2) is 22.7 Å². The number of nitrogens with zero attached hydrogens (tertiary/aromatic N) is 4. The van der Waals surface area contributed by atoms with Crippen LogP contribution in [0.3, 0.4) is 0 Å². The van der Waals surface area contributed by atoms with Crippen molar-refractivity contribution in [2.24, 2.45) is 0 Å². The van der Waals surface area contributed by atoms with Crippen molar-refractivity contribution >= 4 is 29.2 Å². The van der Waals surface area contributed by atoms with Crippen molar-refractivity contribution in [1.82, 2.24) is 20.2 Å². The van der Waals surface area contributed by atoms with E-state index in [1.807, 2.05) is 0 Å². The molecule has 1 aromatic carbocycles. The Balaban J connectivity index is 1.89. The summed E-state index contributed by atoms with van der Waals surface area (Å²) in [6.07, 6.45) is -0.579. The summed E-state index contributed by atoms with van der Waals surface area (Å²) in [7, 11) is 0. The number of alkyl halides is 2. The number of halogens is 5. The Morgan fingerprint density at radius 3 is 2.48 bits per heavy atom. The summed E-state index contributed by atoms with van der Waals surface area (Å²) in [6, 6.07) is 2.54. The molecule has 1 fully saturated rings. The van der Waals surface area contributed by atoms with E-state index in [1.165, 1.54) is 12.3 Å². The van der Waals surface area contributed by atoms with Crippen LogP contribution in [0.2, 0.25) is 10.0 Å². The Bertz CT molecular complexity index is 1040. The smallest absolute Gasteiger partial charge is 0.314 e. The van der Waals surface area contributed by atoms with E-state index < -0.39 is 23.5 Å². The zero-order chi connectivity index (χ0) is 19.3. The molecule has 27 heavy (non-hydrogen) atoms. The lowest BCUT2D eigenvalue weighted by Gasteiger charge is -2.19. The van der Waals surface area contributed by atoms with Crippen LogP contribution in [0.1, 0.15) is 36.4 Å². The minimum absolute atomic E-state index is 0.0610. The van der Waals surface area contributed by atoms with Gasteiger partial charge in [0, 0.05) is 17.2 Å². The highest BCUT2D eigenvalue weighted by Crippen LogP contribution is 2.56. The second kappa shape index (κ2) is 6.35. The van der Waals surface area contributed by atoms with Crippen molar-refractivity contribution in [1.29, 1.82) is 0 Å². The Hall–Kier alpha value is -2.39. The molecule has 0 bridgehead atoms. The zero-order valence-electron chi connectivity index (χ0n) is 13.4. The molecule has 0 atom stereocenters. The van der Waals surface area contributed by atoms with Crippen LogP contribution < -0.4 is 5.73 Å². The summed E-state index contributed by atoms with van der Waals surface area (Å²) in [5.74, 6) is -1.66. The van der Waals surface area contributed by atoms with Crippen molar-refractivity contribution in [3.05, 3.63) is 51.3 Å². The molecule has 2 aromatic heterocycles. The van der Waals surface area contributed by atoms with Crippen LogP contribution in [0.5, 0.6) is 0 Å². The molecule has 0 aliphatic heterocycles. The lowest BCUT2D eigenvalue weighted by Crippen LogP contribution is -2.16. The first-order valence-corrected chi connectivity index (χ1v) is 8.47. The monoisotopic (exact) mass is 415 g/mol. The van der Waals surface area contributed by atoms with Gasteiger partial charge in [-0.15, -0.1) is 10.2 Å². The Labute approximate surface area is 160 Å². The van der Waals surface area contributed by atoms with Gasteiger partial charge in [-0.05, 0) is 25.0 Å². The Morgan fingerprint density at radius 1 is 1.15 bits per heavy atom. The van der Waals surface area contributed by atoms with Gasteiger partial charge in [0.2, 0.25) is 5.95 Å². The molecule has 3 aromatic rings. The summed E-state index contributed by atoms with van der Waals surface area (Å²) in [5, 5.41) is 7.20. The molecule has 2 heterocycles. The van der Waals surface area contributed by atoms with Crippen molar-refractivity contribution in [3.63, 3.8) is 0 Å². The van der Waals surface area contributed by atoms with Gasteiger partial charge in [0.05, 0.1) is 21.3 Å². The predicted molar refractivity (Wildman–Crippen MR) is 91.1 cm³/mol. The van der Waals surface area contributed by atoms with E-state index in [-0.39, 0.29) is 33.0 Å². The number of anilines is 1. The van der Waals surface area contributed by atoms with Crippen LogP contribution in [0.4, 0.5) is 19.1 Å². The fourth-order valence-corrected chi connectivity index (χ4v) is 3.31. The molecular formula is C16H10Cl2F3N5O. The third-order valence-electron chi connectivity index (χ3n) is 4.39. The lowest BCUT2D eigenvalue weighted by molar-refractivity contribution is 0.116. The van der Waals surface area contributed by atoms with Gasteiger partial charge in [0.25, 0.3) is 11.8 Å². The van der Waals surface area contributed by atoms with Crippen LogP contribution >= 0.6 is 23.2 Å². The van der Waals surface area contributed by atoms with E-state index in [4.69, 9.17) is 33.4 Å². The lowest BCUT2D eigenvalue weighted by atomic mass is 9.89. The molecule has 2 N–H and O–H groups in total. The molecular weight excluding hydrogens is 406 g/mol. The molecule has 0 unspecified atom stereocenters. The van der Waals surface area contributed by atoms with Gasteiger partial charge in [0.15, 0.2) is 0 Å². The van der Waals surface area contributed by atoms with Crippen LogP contribution in [-0.2, 0) is 5.41 Å². The van der Waals surface area contributed by atoms with E-state index in [0.29, 0.717) is 18.5 Å². The van der Waals surface area contributed by atoms with Crippen LogP contribution in [-0.4, -0.2) is 20.2 Å². The van der Waals surface area contributed by atoms with Crippen LogP contribution in [0, 0.1) is 5.82 Å². The van der Waals surface area contributed by atoms with Gasteiger partial charge in [-0.2, -0.15) is 8.78 Å². The van der Waals surface area contributed by atoms with E-state index in [2.05, 4.69) is 20.2 Å². The van der Waals surface area contributed by atoms with Gasteiger partial charge in [-0.1, -0.05) is 23.2 Å². The first-order chi connectivity index (χ1) is 12.8. The number of nitrogens with two attached hydrogens (primary N) is 1. The minimum Gasteiger partial charge on any atom is -0.415 e. The number of rotatable bonds is 4. The quantitative estimate of drug-likeness (QED) is 0.627. The van der Waals surface area contributed by atoms with Crippen molar-refractivity contribution in [2.75, 3.05) is 5.73 Å². The first-order valence-electron chi connectivity index (χ1n) is 7.72. The fraction of sp³-hybridized carbons (Fsp3) is 0.250. The van der Waals surface area contributed by atoms with Crippen molar-refractivity contribution < 1.29 is 17.6 Å². The summed E-state index contributed by atoms with van der Waals surface area (Å²) in [4.78, 5) is 8.09. The average Bonchev–Trinajstić information content (AvgIpc) is 3.26. The molecule has 0 spiro atoms. The summed E-state index contributed by atoms with van der Waals surface area (Å²) in [6.45, 7) is 0. The largest absolute Gasteiger partial charge is 0.415 e. The molecule has 0 amide bonds. The zero-order valence-corrected chi connectivity index (χ0v) is 14.9. The van der Waals surface area contributed by atoms with Gasteiger partial charge in [0.1, 0.15) is 5.82 Å². The van der Waals surface area contributed by atoms with Crippen LogP contribution in [0.25, 0.3) is 11.5 Å². The SMILES string of the molecule is Nc1ncc(-c2nnc(C(F)F)o2)c(C2(c3cc(Cl)c(Cl)cc3F)CC2)n1. The number of aromatic nitrogens is 4. The van der Waals surface area contributed by atoms with Gasteiger partial charge in [-0.3, -0.25) is 0 Å². The highest BCUT2D eigenvalue weighted by molar-refractivity contribution is 6.42. The predicted octanol–water partition coefficient (Wildman–Crippen LogP) is 4.57. The minimum atomic E-state index is -2.92. The number of hydrogen-bond donors (Lipinski definition) is 1. The molecule has 6 nitrogen and oxygen atoms in total. The average molecular weight is 416 g/mol. The van der Waals surface area contributed by atoms with E-state index in [9.17, 15) is 13.2 Å². The molecule has 4 rings (SSSR count). The summed E-state index contributed by atoms with van der Waals surface area (Å²) in [5.41, 5.74) is 5.60. The third kappa shape index (κ3) is 3.00. The van der Waals surface area contributed by atoms with Gasteiger partial charge >= 0.3 is 6.43 Å². The molecule has 11 heteroatoms. The maximum atomic E-state index is 14.6. The molecule has 140 valence electrons. The molecule has 1 aliphatic carbocycles. The van der Waals surface area contributed by atoms with Crippen molar-refractivity contribution in [2.45, 2.75) is 24.7 Å². The number of benzene rings is 1. The first kappa shape index (κ1) is 18.0. The standard InChI is InChI=1S/C16H10Cl2F3N5O/c17-8-3-7(10(19)4-9(8)18)16(1-2-16)11-6(5-23-15(22)24-11)13-25-26-14(27-13)12(20)21/h3-5,12H,1-2H2,(H2,22,23,24). The van der Waals surface area contributed by atoms with E-state index >= 15 is 0 Å². The van der Waals surface area contributed by atoms with Gasteiger partial charge < -0.3 is 10.2 Å². The topological polar surface area (TPSA) is 90.7 Å². The summed E-state index contributed by atoms with van der Waals surface area (Å²) >= 11 is 11.9. The number of nitrogen functional groups attached to an aromatic ring is 1. The Morgan fingerprint density at radius 2 is 1.85 bits per heavy atom. The van der Waals surface area contributed by atoms with Gasteiger partial charge in [-0.25, -0.2) is 14.4 Å². The second-order valence-corrected chi connectivity index (χ2v) is 6.88. The molecule has 0 radical (unpaired) electrons. The molecule has 0 saturated heterocycles. The third-order valence-corrected chi connectivity index (χ3v) is 5.12. The Kier molecular flexibility index (Phi) is 4.23. The van der Waals surface area contributed by atoms with Crippen molar-refractivity contribution in [3.8, 4) is 11.5 Å². The highest BCUT2D eigenvalue weighted by Gasteiger charge is 2.51. The fourth-order valence-electron chi connectivity index (χ4n) is 3.00.